The summed E-state index contributed by atoms with van der Waals surface area (Å²) in [7, 11) is 0. The number of hydrogen-bond donors (Lipinski definition) is 1. The van der Waals surface area contributed by atoms with Gasteiger partial charge in [-0.1, -0.05) is 42.5 Å². The van der Waals surface area contributed by atoms with Crippen molar-refractivity contribution in [1.82, 2.24) is 5.32 Å². The first kappa shape index (κ1) is 16.1. The Morgan fingerprint density at radius 1 is 1.10 bits per heavy atom. The predicted molar refractivity (Wildman–Crippen MR) is 84.0 cm³/mol. The molecular weight excluding hydrogens is 296 g/mol. The Hall–Kier alpha value is -0.310. The standard InChI is InChI=1S/C16H22Cl2FN/c1-10(12-6-4-3-5-7-12)20-11(2)13-8-16(19)15(18)9-14(13)17/h8-12,20H,3-7H2,1-2H3. The van der Waals surface area contributed by atoms with Crippen LogP contribution >= 0.6 is 23.2 Å². The fraction of sp³-hybridized carbons (Fsp3) is 0.625. The minimum atomic E-state index is -0.412. The number of nitrogens with one attached hydrogen (secondary N) is 1. The lowest BCUT2D eigenvalue weighted by molar-refractivity contribution is 0.268. The van der Waals surface area contributed by atoms with E-state index in [-0.39, 0.29) is 11.1 Å². The van der Waals surface area contributed by atoms with Crippen molar-refractivity contribution >= 4 is 23.2 Å². The van der Waals surface area contributed by atoms with E-state index in [0.717, 1.165) is 5.56 Å². The molecule has 1 N–H and O–H groups in total. The molecule has 0 aliphatic heterocycles. The van der Waals surface area contributed by atoms with Crippen molar-refractivity contribution < 1.29 is 4.39 Å². The van der Waals surface area contributed by atoms with Gasteiger partial charge in [-0.15, -0.1) is 0 Å². The van der Waals surface area contributed by atoms with Crippen LogP contribution in [0.4, 0.5) is 4.39 Å². The first-order chi connectivity index (χ1) is 9.49. The average molecular weight is 318 g/mol. The van der Waals surface area contributed by atoms with Crippen LogP contribution in [-0.4, -0.2) is 6.04 Å². The minimum Gasteiger partial charge on any atom is -0.307 e. The first-order valence-electron chi connectivity index (χ1n) is 7.39. The summed E-state index contributed by atoms with van der Waals surface area (Å²) in [6.07, 6.45) is 6.56. The molecule has 0 bridgehead atoms. The van der Waals surface area contributed by atoms with Gasteiger partial charge in [-0.05, 0) is 50.3 Å². The van der Waals surface area contributed by atoms with E-state index in [0.29, 0.717) is 17.0 Å². The molecule has 1 saturated carbocycles. The molecule has 2 rings (SSSR count). The molecule has 1 fully saturated rings. The van der Waals surface area contributed by atoms with Gasteiger partial charge in [0.15, 0.2) is 0 Å². The topological polar surface area (TPSA) is 12.0 Å². The zero-order valence-electron chi connectivity index (χ0n) is 12.1. The maximum atomic E-state index is 13.6. The maximum Gasteiger partial charge on any atom is 0.142 e. The third-order valence-electron chi connectivity index (χ3n) is 4.38. The van der Waals surface area contributed by atoms with Crippen LogP contribution in [0.15, 0.2) is 12.1 Å². The maximum absolute atomic E-state index is 13.6. The van der Waals surface area contributed by atoms with Crippen LogP contribution in [0.2, 0.25) is 10.0 Å². The van der Waals surface area contributed by atoms with Crippen LogP contribution < -0.4 is 5.32 Å². The van der Waals surface area contributed by atoms with Crippen molar-refractivity contribution in [3.05, 3.63) is 33.6 Å². The van der Waals surface area contributed by atoms with E-state index < -0.39 is 5.82 Å². The lowest BCUT2D eigenvalue weighted by Gasteiger charge is -2.31. The smallest absolute Gasteiger partial charge is 0.142 e. The summed E-state index contributed by atoms with van der Waals surface area (Å²) >= 11 is 11.9. The molecule has 0 heterocycles. The van der Waals surface area contributed by atoms with Crippen molar-refractivity contribution in [3.63, 3.8) is 0 Å². The summed E-state index contributed by atoms with van der Waals surface area (Å²) < 4.78 is 13.6. The van der Waals surface area contributed by atoms with Crippen molar-refractivity contribution in [2.75, 3.05) is 0 Å². The average Bonchev–Trinajstić information content (AvgIpc) is 2.43. The third kappa shape index (κ3) is 3.87. The zero-order valence-corrected chi connectivity index (χ0v) is 13.6. The quantitative estimate of drug-likeness (QED) is 0.697. The summed E-state index contributed by atoms with van der Waals surface area (Å²) in [5.74, 6) is 0.298. The lowest BCUT2D eigenvalue weighted by Crippen LogP contribution is -2.36. The van der Waals surface area contributed by atoms with Gasteiger partial charge in [0.2, 0.25) is 0 Å². The van der Waals surface area contributed by atoms with Crippen molar-refractivity contribution in [1.29, 1.82) is 0 Å². The fourth-order valence-electron chi connectivity index (χ4n) is 3.12. The predicted octanol–water partition coefficient (Wildman–Crippen LogP) is 5.75. The van der Waals surface area contributed by atoms with E-state index in [1.54, 1.807) is 0 Å². The Bertz CT molecular complexity index is 458. The second-order valence-electron chi connectivity index (χ2n) is 5.86. The Labute approximate surface area is 130 Å². The molecule has 4 heteroatoms. The molecule has 2 atom stereocenters. The molecule has 2 unspecified atom stereocenters. The van der Waals surface area contributed by atoms with E-state index in [2.05, 4.69) is 12.2 Å². The Kier molecular flexibility index (Phi) is 5.71. The van der Waals surface area contributed by atoms with Crippen LogP contribution in [0.1, 0.15) is 57.6 Å². The highest BCUT2D eigenvalue weighted by atomic mass is 35.5. The molecule has 0 amide bonds. The van der Waals surface area contributed by atoms with Gasteiger partial charge in [0.25, 0.3) is 0 Å². The van der Waals surface area contributed by atoms with Gasteiger partial charge >= 0.3 is 0 Å². The summed E-state index contributed by atoms with van der Waals surface area (Å²) in [6, 6.07) is 3.36. The fourth-order valence-corrected chi connectivity index (χ4v) is 3.67. The Morgan fingerprint density at radius 2 is 1.75 bits per heavy atom. The molecule has 1 aromatic rings. The summed E-state index contributed by atoms with van der Waals surface area (Å²) in [5, 5.41) is 4.16. The molecular formula is C16H22Cl2FN. The molecule has 0 spiro atoms. The van der Waals surface area contributed by atoms with Crippen LogP contribution in [-0.2, 0) is 0 Å². The van der Waals surface area contributed by atoms with Gasteiger partial charge in [0.1, 0.15) is 5.82 Å². The molecule has 1 aromatic carbocycles. The number of hydrogen-bond acceptors (Lipinski definition) is 1. The van der Waals surface area contributed by atoms with Gasteiger partial charge < -0.3 is 5.32 Å². The SMILES string of the molecule is CC(NC(C)C1CCCCC1)c1cc(F)c(Cl)cc1Cl. The summed E-state index contributed by atoms with van der Waals surface area (Å²) in [5.41, 5.74) is 0.774. The Morgan fingerprint density at radius 3 is 2.40 bits per heavy atom. The van der Waals surface area contributed by atoms with Crippen molar-refractivity contribution in [3.8, 4) is 0 Å². The second-order valence-corrected chi connectivity index (χ2v) is 6.68. The normalized spacial score (nSPS) is 19.9. The Balaban J connectivity index is 2.03. The van der Waals surface area contributed by atoms with Gasteiger partial charge in [0, 0.05) is 17.1 Å². The van der Waals surface area contributed by atoms with Crippen LogP contribution in [0, 0.1) is 11.7 Å². The molecule has 0 radical (unpaired) electrons. The van der Waals surface area contributed by atoms with E-state index in [1.165, 1.54) is 44.2 Å². The molecule has 1 aliphatic carbocycles. The molecule has 1 aliphatic rings. The van der Waals surface area contributed by atoms with Gasteiger partial charge in [-0.25, -0.2) is 4.39 Å². The highest BCUT2D eigenvalue weighted by Crippen LogP contribution is 2.31. The molecule has 0 saturated heterocycles. The largest absolute Gasteiger partial charge is 0.307 e. The van der Waals surface area contributed by atoms with E-state index in [4.69, 9.17) is 23.2 Å². The van der Waals surface area contributed by atoms with Gasteiger partial charge in [-0.2, -0.15) is 0 Å². The van der Waals surface area contributed by atoms with Crippen molar-refractivity contribution in [2.24, 2.45) is 5.92 Å². The number of rotatable bonds is 4. The summed E-state index contributed by atoms with van der Waals surface area (Å²) in [4.78, 5) is 0. The third-order valence-corrected chi connectivity index (χ3v) is 4.99. The highest BCUT2D eigenvalue weighted by Gasteiger charge is 2.22. The monoisotopic (exact) mass is 317 g/mol. The second kappa shape index (κ2) is 7.11. The number of halogens is 3. The van der Waals surface area contributed by atoms with Crippen LogP contribution in [0.3, 0.4) is 0 Å². The molecule has 1 nitrogen and oxygen atoms in total. The van der Waals surface area contributed by atoms with Gasteiger partial charge in [-0.3, -0.25) is 0 Å². The first-order valence-corrected chi connectivity index (χ1v) is 8.15. The summed E-state index contributed by atoms with van der Waals surface area (Å²) in [6.45, 7) is 4.24. The van der Waals surface area contributed by atoms with Crippen LogP contribution in [0.25, 0.3) is 0 Å². The van der Waals surface area contributed by atoms with E-state index in [1.807, 2.05) is 6.92 Å². The molecule has 20 heavy (non-hydrogen) atoms. The molecule has 0 aromatic heterocycles. The number of benzene rings is 1. The van der Waals surface area contributed by atoms with E-state index in [9.17, 15) is 4.39 Å². The lowest BCUT2D eigenvalue weighted by atomic mass is 9.84. The van der Waals surface area contributed by atoms with Gasteiger partial charge in [0.05, 0.1) is 5.02 Å². The van der Waals surface area contributed by atoms with Crippen molar-refractivity contribution in [2.45, 2.75) is 58.0 Å². The molecule has 112 valence electrons. The van der Waals surface area contributed by atoms with E-state index >= 15 is 0 Å². The zero-order chi connectivity index (χ0) is 14.7. The highest BCUT2D eigenvalue weighted by molar-refractivity contribution is 6.35. The minimum absolute atomic E-state index is 0.0196. The van der Waals surface area contributed by atoms with Crippen LogP contribution in [0.5, 0.6) is 0 Å².